The maximum absolute atomic E-state index is 12.3. The number of carbonyl (C=O) groups is 2. The summed E-state index contributed by atoms with van der Waals surface area (Å²) in [6, 6.07) is 0. The van der Waals surface area contributed by atoms with E-state index in [4.69, 9.17) is 18.5 Å². The lowest BCUT2D eigenvalue weighted by Gasteiger charge is -2.28. The highest BCUT2D eigenvalue weighted by molar-refractivity contribution is 7.45. The lowest BCUT2D eigenvalue weighted by molar-refractivity contribution is -0.870. The molecule has 0 aliphatic heterocycles. The van der Waals surface area contributed by atoms with Crippen molar-refractivity contribution in [1.82, 2.24) is 0 Å². The van der Waals surface area contributed by atoms with Crippen molar-refractivity contribution in [3.05, 3.63) is 24.3 Å². The number of hydrogen-bond acceptors (Lipinski definition) is 8. The molecule has 2 atom stereocenters. The molecule has 46 heavy (non-hydrogen) atoms. The van der Waals surface area contributed by atoms with Crippen molar-refractivity contribution >= 4 is 19.8 Å². The molecule has 0 radical (unpaired) electrons. The summed E-state index contributed by atoms with van der Waals surface area (Å²) >= 11 is 0. The van der Waals surface area contributed by atoms with Gasteiger partial charge in [0.25, 0.3) is 7.82 Å². The third-order valence-corrected chi connectivity index (χ3v) is 8.50. The number of ether oxygens (including phenoxy) is 2. The van der Waals surface area contributed by atoms with Crippen LogP contribution >= 0.6 is 7.82 Å². The smallest absolute Gasteiger partial charge is 0.306 e. The lowest BCUT2D eigenvalue weighted by Crippen LogP contribution is -2.37. The number of likely N-dealkylation sites (N-methyl/N-ethyl adjacent to an activating group) is 1. The molecule has 10 heteroatoms. The Morgan fingerprint density at radius 3 is 1.72 bits per heavy atom. The van der Waals surface area contributed by atoms with Crippen LogP contribution in [0.25, 0.3) is 0 Å². The van der Waals surface area contributed by atoms with Crippen molar-refractivity contribution < 1.29 is 42.1 Å². The van der Waals surface area contributed by atoms with Crippen LogP contribution in [0.1, 0.15) is 142 Å². The number of nitrogens with zero attached hydrogens (tertiary/aromatic N) is 1. The van der Waals surface area contributed by atoms with Gasteiger partial charge < -0.3 is 27.9 Å². The average molecular weight is 674 g/mol. The number of unbranched alkanes of at least 4 members (excludes halogenated alkanes) is 16. The number of esters is 2. The van der Waals surface area contributed by atoms with Crippen LogP contribution in [0.5, 0.6) is 0 Å². The van der Waals surface area contributed by atoms with E-state index in [0.29, 0.717) is 17.4 Å². The number of rotatable bonds is 32. The molecular formula is C36H68NO8P. The summed E-state index contributed by atoms with van der Waals surface area (Å²) < 4.78 is 32.6. The Morgan fingerprint density at radius 1 is 0.717 bits per heavy atom. The summed E-state index contributed by atoms with van der Waals surface area (Å²) in [5.41, 5.74) is 0. The van der Waals surface area contributed by atoms with Crippen molar-refractivity contribution in [2.75, 3.05) is 47.5 Å². The van der Waals surface area contributed by atoms with Crippen LogP contribution in [0.4, 0.5) is 0 Å². The topological polar surface area (TPSA) is 111 Å². The second kappa shape index (κ2) is 29.6. The molecule has 0 aliphatic rings. The summed E-state index contributed by atoms with van der Waals surface area (Å²) in [6.45, 7) is 3.16. The van der Waals surface area contributed by atoms with Crippen LogP contribution < -0.4 is 4.89 Å². The molecule has 0 saturated heterocycles. The second-order valence-electron chi connectivity index (χ2n) is 13.3. The van der Waals surface area contributed by atoms with Crippen molar-refractivity contribution in [3.63, 3.8) is 0 Å². The molecule has 0 N–H and O–H groups in total. The zero-order valence-electron chi connectivity index (χ0n) is 30.0. The fourth-order valence-electron chi connectivity index (χ4n) is 4.70. The summed E-state index contributed by atoms with van der Waals surface area (Å²) in [5, 5.41) is 0. The monoisotopic (exact) mass is 673 g/mol. The van der Waals surface area contributed by atoms with Gasteiger partial charge in [0.15, 0.2) is 6.10 Å². The van der Waals surface area contributed by atoms with E-state index in [2.05, 4.69) is 31.2 Å². The lowest BCUT2D eigenvalue weighted by atomic mass is 10.0. The zero-order chi connectivity index (χ0) is 34.4. The Bertz CT molecular complexity index is 855. The van der Waals surface area contributed by atoms with Gasteiger partial charge >= 0.3 is 11.9 Å². The van der Waals surface area contributed by atoms with Gasteiger partial charge in [0.2, 0.25) is 0 Å². The molecule has 270 valence electrons. The number of quaternary nitrogens is 1. The molecule has 0 fully saturated rings. The van der Waals surface area contributed by atoms with Crippen LogP contribution in [0.3, 0.4) is 0 Å². The summed E-state index contributed by atoms with van der Waals surface area (Å²) in [7, 11) is 1.15. The minimum atomic E-state index is -4.58. The van der Waals surface area contributed by atoms with Crippen molar-refractivity contribution in [3.8, 4) is 0 Å². The first-order valence-corrected chi connectivity index (χ1v) is 19.4. The minimum Gasteiger partial charge on any atom is -0.756 e. The van der Waals surface area contributed by atoms with Crippen LogP contribution in [-0.2, 0) is 32.7 Å². The molecule has 0 amide bonds. The largest absolute Gasteiger partial charge is 0.756 e. The molecule has 0 saturated carbocycles. The highest BCUT2D eigenvalue weighted by Gasteiger charge is 2.21. The van der Waals surface area contributed by atoms with Gasteiger partial charge in [0.1, 0.15) is 19.8 Å². The van der Waals surface area contributed by atoms with E-state index in [1.54, 1.807) is 0 Å². The number of phosphoric ester groups is 1. The van der Waals surface area contributed by atoms with Gasteiger partial charge in [0.05, 0.1) is 27.7 Å². The Labute approximate surface area is 281 Å². The maximum Gasteiger partial charge on any atom is 0.306 e. The standard InChI is InChI=1S/C36H68NO8P/c1-6-7-8-9-10-11-12-13-14-15-16-17-18-19-20-21-22-23-24-25-26-27-28-29-36(39)45-35(32-42-34(2)38)33-44-46(40,41)43-31-30-37(3,4)5/h12-13,15-16,35H,6-11,14,17-33H2,1-5H3/b13-12-,16-15-. The van der Waals surface area contributed by atoms with Crippen molar-refractivity contribution in [1.29, 1.82) is 0 Å². The van der Waals surface area contributed by atoms with Gasteiger partial charge in [0, 0.05) is 13.3 Å². The number of allylic oxidation sites excluding steroid dienone is 4. The van der Waals surface area contributed by atoms with Crippen molar-refractivity contribution in [2.45, 2.75) is 148 Å². The van der Waals surface area contributed by atoms with E-state index in [1.165, 1.54) is 96.8 Å². The zero-order valence-corrected chi connectivity index (χ0v) is 30.9. The van der Waals surface area contributed by atoms with Crippen molar-refractivity contribution in [2.24, 2.45) is 0 Å². The Morgan fingerprint density at radius 2 is 1.22 bits per heavy atom. The Balaban J connectivity index is 3.81. The molecule has 0 aliphatic carbocycles. The Kier molecular flexibility index (Phi) is 28.6. The van der Waals surface area contributed by atoms with Gasteiger partial charge in [-0.1, -0.05) is 115 Å². The molecular weight excluding hydrogens is 605 g/mol. The predicted octanol–water partition coefficient (Wildman–Crippen LogP) is 8.60. The third-order valence-electron chi connectivity index (χ3n) is 7.53. The molecule has 0 rings (SSSR count). The van der Waals surface area contributed by atoms with Gasteiger partial charge in [-0.05, 0) is 38.5 Å². The molecule has 0 aromatic rings. The van der Waals surface area contributed by atoms with E-state index < -0.39 is 32.5 Å². The van der Waals surface area contributed by atoms with E-state index >= 15 is 0 Å². The fourth-order valence-corrected chi connectivity index (χ4v) is 5.43. The highest BCUT2D eigenvalue weighted by Crippen LogP contribution is 2.38. The molecule has 0 bridgehead atoms. The van der Waals surface area contributed by atoms with Gasteiger partial charge in [-0.25, -0.2) is 0 Å². The molecule has 0 aromatic heterocycles. The maximum atomic E-state index is 12.3. The van der Waals surface area contributed by atoms with Crippen LogP contribution in [0, 0.1) is 0 Å². The second-order valence-corrected chi connectivity index (χ2v) is 14.7. The summed E-state index contributed by atoms with van der Waals surface area (Å²) in [6.07, 6.45) is 31.5. The average Bonchev–Trinajstić information content (AvgIpc) is 2.98. The minimum absolute atomic E-state index is 0.0331. The van der Waals surface area contributed by atoms with E-state index in [0.717, 1.165) is 25.7 Å². The Hall–Kier alpha value is -1.51. The number of carbonyl (C=O) groups excluding carboxylic acids is 2. The van der Waals surface area contributed by atoms with E-state index in [-0.39, 0.29) is 19.6 Å². The molecule has 0 heterocycles. The van der Waals surface area contributed by atoms with Crippen LogP contribution in [-0.4, -0.2) is 70.0 Å². The molecule has 0 spiro atoms. The quantitative estimate of drug-likeness (QED) is 0.0230. The molecule has 2 unspecified atom stereocenters. The van der Waals surface area contributed by atoms with Gasteiger partial charge in [-0.3, -0.25) is 14.2 Å². The van der Waals surface area contributed by atoms with Gasteiger partial charge in [-0.2, -0.15) is 0 Å². The van der Waals surface area contributed by atoms with Crippen LogP contribution in [0.2, 0.25) is 0 Å². The number of hydrogen-bond donors (Lipinski definition) is 0. The summed E-state index contributed by atoms with van der Waals surface area (Å²) in [4.78, 5) is 35.6. The molecule has 9 nitrogen and oxygen atoms in total. The SMILES string of the molecule is CCCCCCC/C=C\C/C=C\CCCCCCCCCCCCCC(=O)OC(COC(C)=O)COP(=O)([O-])OCC[N+](C)(C)C. The van der Waals surface area contributed by atoms with E-state index in [9.17, 15) is 19.0 Å². The first-order valence-electron chi connectivity index (χ1n) is 18.0. The predicted molar refractivity (Wildman–Crippen MR) is 185 cm³/mol. The summed E-state index contributed by atoms with van der Waals surface area (Å²) in [5.74, 6) is -1.03. The normalized spacial score (nSPS) is 14.1. The van der Waals surface area contributed by atoms with E-state index in [1.807, 2.05) is 21.1 Å². The highest BCUT2D eigenvalue weighted by atomic mass is 31.2. The first-order chi connectivity index (χ1) is 21.9. The fraction of sp³-hybridized carbons (Fsp3) is 0.833. The third kappa shape index (κ3) is 33.8. The number of phosphoric acid groups is 1. The van der Waals surface area contributed by atoms with Crippen LogP contribution in [0.15, 0.2) is 24.3 Å². The molecule has 0 aromatic carbocycles. The first kappa shape index (κ1) is 44.5. The van der Waals surface area contributed by atoms with Gasteiger partial charge in [-0.15, -0.1) is 0 Å².